The Morgan fingerprint density at radius 1 is 0.875 bits per heavy atom. The minimum Gasteiger partial charge on any atom is -0.301 e. The molecular formula is C23H49N. The molecule has 146 valence electrons. The van der Waals surface area contributed by atoms with Crippen molar-refractivity contribution in [3.05, 3.63) is 0 Å². The average molecular weight is 340 g/mol. The van der Waals surface area contributed by atoms with E-state index in [-0.39, 0.29) is 0 Å². The van der Waals surface area contributed by atoms with Crippen LogP contribution in [0.2, 0.25) is 0 Å². The molecule has 0 saturated heterocycles. The molecule has 2 unspecified atom stereocenters. The minimum atomic E-state index is 0.524. The maximum Gasteiger partial charge on any atom is 0.00385 e. The van der Waals surface area contributed by atoms with E-state index in [4.69, 9.17) is 0 Å². The van der Waals surface area contributed by atoms with E-state index in [9.17, 15) is 0 Å². The van der Waals surface area contributed by atoms with Gasteiger partial charge in [-0.1, -0.05) is 61.3 Å². The Labute approximate surface area is 155 Å². The third kappa shape index (κ3) is 10.7. The molecule has 0 spiro atoms. The molecule has 0 amide bonds. The van der Waals surface area contributed by atoms with Gasteiger partial charge in [-0.05, 0) is 82.2 Å². The fourth-order valence-corrected chi connectivity index (χ4v) is 4.12. The number of hydrogen-bond donors (Lipinski definition) is 0. The summed E-state index contributed by atoms with van der Waals surface area (Å²) in [5, 5.41) is 0. The molecule has 0 radical (unpaired) electrons. The van der Waals surface area contributed by atoms with Gasteiger partial charge >= 0.3 is 0 Å². The normalized spacial score (nSPS) is 15.5. The lowest BCUT2D eigenvalue weighted by atomic mass is 9.83. The molecule has 0 aromatic heterocycles. The standard InChI is InChI=1S/C23H49N/c1-10-14-23(8,9)15-12-16-24(20(5)6)17-13-21(7)18-22(11-2)19(3)4/h19-22H,10-18H2,1-9H3. The highest BCUT2D eigenvalue weighted by Crippen LogP contribution is 2.29. The quantitative estimate of drug-likeness (QED) is 0.318. The molecule has 24 heavy (non-hydrogen) atoms. The van der Waals surface area contributed by atoms with Gasteiger partial charge in [0.05, 0.1) is 0 Å². The van der Waals surface area contributed by atoms with Crippen LogP contribution in [-0.4, -0.2) is 24.0 Å². The number of rotatable bonds is 14. The summed E-state index contributed by atoms with van der Waals surface area (Å²) in [6.07, 6.45) is 9.49. The zero-order chi connectivity index (χ0) is 18.8. The topological polar surface area (TPSA) is 3.24 Å². The Balaban J connectivity index is 4.25. The van der Waals surface area contributed by atoms with Gasteiger partial charge in [-0.3, -0.25) is 0 Å². The van der Waals surface area contributed by atoms with Crippen molar-refractivity contribution in [2.24, 2.45) is 23.2 Å². The van der Waals surface area contributed by atoms with Gasteiger partial charge in [0.15, 0.2) is 0 Å². The summed E-state index contributed by atoms with van der Waals surface area (Å²) >= 11 is 0. The maximum absolute atomic E-state index is 2.72. The molecule has 1 heteroatoms. The molecule has 0 aliphatic carbocycles. The lowest BCUT2D eigenvalue weighted by Gasteiger charge is -2.31. The summed E-state index contributed by atoms with van der Waals surface area (Å²) in [5.74, 6) is 2.59. The molecule has 2 atom stereocenters. The van der Waals surface area contributed by atoms with Crippen molar-refractivity contribution in [2.75, 3.05) is 13.1 Å². The second-order valence-corrected chi connectivity index (χ2v) is 9.69. The van der Waals surface area contributed by atoms with Crippen molar-refractivity contribution in [1.29, 1.82) is 0 Å². The van der Waals surface area contributed by atoms with Crippen LogP contribution >= 0.6 is 0 Å². The summed E-state index contributed by atoms with van der Waals surface area (Å²) in [4.78, 5) is 2.72. The largest absolute Gasteiger partial charge is 0.301 e. The lowest BCUT2D eigenvalue weighted by molar-refractivity contribution is 0.179. The predicted molar refractivity (Wildman–Crippen MR) is 112 cm³/mol. The minimum absolute atomic E-state index is 0.524. The van der Waals surface area contributed by atoms with E-state index in [1.165, 1.54) is 58.0 Å². The Kier molecular flexibility index (Phi) is 12.3. The number of nitrogens with zero attached hydrogens (tertiary/aromatic N) is 1. The van der Waals surface area contributed by atoms with E-state index < -0.39 is 0 Å². The Bertz CT molecular complexity index is 292. The van der Waals surface area contributed by atoms with Crippen molar-refractivity contribution in [1.82, 2.24) is 4.90 Å². The highest BCUT2D eigenvalue weighted by molar-refractivity contribution is 4.72. The van der Waals surface area contributed by atoms with Crippen LogP contribution in [0.15, 0.2) is 0 Å². The molecule has 0 saturated carbocycles. The van der Waals surface area contributed by atoms with Gasteiger partial charge in [0.2, 0.25) is 0 Å². The third-order valence-electron chi connectivity index (χ3n) is 6.04. The summed E-state index contributed by atoms with van der Waals surface area (Å²) in [6.45, 7) is 24.1. The zero-order valence-corrected chi connectivity index (χ0v) is 18.6. The fourth-order valence-electron chi connectivity index (χ4n) is 4.12. The first-order chi connectivity index (χ1) is 11.1. The molecule has 0 rings (SSSR count). The molecule has 1 nitrogen and oxygen atoms in total. The Morgan fingerprint density at radius 3 is 1.96 bits per heavy atom. The summed E-state index contributed by atoms with van der Waals surface area (Å²) in [5.41, 5.74) is 0.524. The second kappa shape index (κ2) is 12.3. The zero-order valence-electron chi connectivity index (χ0n) is 18.6. The van der Waals surface area contributed by atoms with E-state index in [0.717, 1.165) is 17.8 Å². The molecule has 0 heterocycles. The van der Waals surface area contributed by atoms with Crippen LogP contribution in [-0.2, 0) is 0 Å². The van der Waals surface area contributed by atoms with Crippen molar-refractivity contribution in [3.8, 4) is 0 Å². The molecule has 0 bridgehead atoms. The van der Waals surface area contributed by atoms with Crippen molar-refractivity contribution >= 4 is 0 Å². The van der Waals surface area contributed by atoms with E-state index in [2.05, 4.69) is 67.2 Å². The van der Waals surface area contributed by atoms with Gasteiger partial charge in [0.25, 0.3) is 0 Å². The van der Waals surface area contributed by atoms with Gasteiger partial charge in [-0.25, -0.2) is 0 Å². The van der Waals surface area contributed by atoms with Gasteiger partial charge < -0.3 is 4.90 Å². The Morgan fingerprint density at radius 2 is 1.50 bits per heavy atom. The molecule has 0 aromatic carbocycles. The van der Waals surface area contributed by atoms with Crippen LogP contribution in [0.4, 0.5) is 0 Å². The fraction of sp³-hybridized carbons (Fsp3) is 1.00. The molecule has 0 fully saturated rings. The van der Waals surface area contributed by atoms with E-state index >= 15 is 0 Å². The van der Waals surface area contributed by atoms with Crippen LogP contribution in [0.5, 0.6) is 0 Å². The second-order valence-electron chi connectivity index (χ2n) is 9.69. The van der Waals surface area contributed by atoms with E-state index in [1.54, 1.807) is 0 Å². The third-order valence-corrected chi connectivity index (χ3v) is 6.04. The van der Waals surface area contributed by atoms with Crippen LogP contribution in [0.1, 0.15) is 107 Å². The Hall–Kier alpha value is -0.0400. The maximum atomic E-state index is 2.72. The van der Waals surface area contributed by atoms with Gasteiger partial charge in [0.1, 0.15) is 0 Å². The van der Waals surface area contributed by atoms with Crippen LogP contribution in [0.25, 0.3) is 0 Å². The molecule has 0 aliphatic heterocycles. The molecular weight excluding hydrogens is 290 g/mol. The predicted octanol–water partition coefficient (Wildman–Crippen LogP) is 7.40. The monoisotopic (exact) mass is 339 g/mol. The van der Waals surface area contributed by atoms with Crippen molar-refractivity contribution < 1.29 is 0 Å². The highest BCUT2D eigenvalue weighted by Gasteiger charge is 2.19. The van der Waals surface area contributed by atoms with E-state index in [0.29, 0.717) is 11.5 Å². The van der Waals surface area contributed by atoms with Crippen molar-refractivity contribution in [2.45, 2.75) is 113 Å². The first-order valence-electron chi connectivity index (χ1n) is 10.9. The van der Waals surface area contributed by atoms with Crippen LogP contribution in [0.3, 0.4) is 0 Å². The first-order valence-corrected chi connectivity index (χ1v) is 10.9. The van der Waals surface area contributed by atoms with Crippen LogP contribution in [0, 0.1) is 23.2 Å². The van der Waals surface area contributed by atoms with Gasteiger partial charge in [-0.15, -0.1) is 0 Å². The summed E-state index contributed by atoms with van der Waals surface area (Å²) < 4.78 is 0. The summed E-state index contributed by atoms with van der Waals surface area (Å²) in [6, 6.07) is 0.679. The first kappa shape index (κ1) is 24.0. The SMILES string of the molecule is CCCC(C)(C)CCCN(CCC(C)CC(CC)C(C)C)C(C)C. The summed E-state index contributed by atoms with van der Waals surface area (Å²) in [7, 11) is 0. The van der Waals surface area contributed by atoms with Gasteiger partial charge in [-0.2, -0.15) is 0 Å². The van der Waals surface area contributed by atoms with E-state index in [1.807, 2.05) is 0 Å². The number of hydrogen-bond acceptors (Lipinski definition) is 1. The molecule has 0 N–H and O–H groups in total. The average Bonchev–Trinajstić information content (AvgIpc) is 2.47. The molecule has 0 aliphatic rings. The van der Waals surface area contributed by atoms with Crippen LogP contribution < -0.4 is 0 Å². The smallest absolute Gasteiger partial charge is 0.00385 e. The highest BCUT2D eigenvalue weighted by atomic mass is 15.1. The van der Waals surface area contributed by atoms with Crippen molar-refractivity contribution in [3.63, 3.8) is 0 Å². The molecule has 0 aromatic rings. The van der Waals surface area contributed by atoms with Gasteiger partial charge in [0, 0.05) is 6.04 Å². The lowest BCUT2D eigenvalue weighted by Crippen LogP contribution is -2.34.